The van der Waals surface area contributed by atoms with Crippen molar-refractivity contribution in [1.82, 2.24) is 29.5 Å². The monoisotopic (exact) mass is 477 g/mol. The molecule has 6 rings (SSSR count). The highest BCUT2D eigenvalue weighted by atomic mass is 16.5. The van der Waals surface area contributed by atoms with Gasteiger partial charge in [-0.2, -0.15) is 9.61 Å². The predicted octanol–water partition coefficient (Wildman–Crippen LogP) is 1.58. The molecule has 3 N–H and O–H groups in total. The Morgan fingerprint density at radius 3 is 2.86 bits per heavy atom. The van der Waals surface area contributed by atoms with Gasteiger partial charge in [-0.3, -0.25) is 4.79 Å². The molecule has 1 saturated heterocycles. The Labute approximate surface area is 201 Å². The Hall–Kier alpha value is -3.54. The van der Waals surface area contributed by atoms with Crippen LogP contribution in [0.3, 0.4) is 0 Å². The number of aromatic nitrogens is 5. The molecule has 2 unspecified atom stereocenters. The molecule has 11 nitrogen and oxygen atoms in total. The topological polar surface area (TPSA) is 128 Å². The lowest BCUT2D eigenvalue weighted by molar-refractivity contribution is 0.00732. The number of pyridine rings is 1. The molecule has 4 aliphatic rings. The summed E-state index contributed by atoms with van der Waals surface area (Å²) in [5.74, 6) is 1.21. The minimum absolute atomic E-state index is 0.0111. The van der Waals surface area contributed by atoms with Crippen LogP contribution in [-0.4, -0.2) is 80.8 Å². The zero-order valence-corrected chi connectivity index (χ0v) is 19.5. The molecule has 1 saturated carbocycles. The van der Waals surface area contributed by atoms with Gasteiger partial charge < -0.3 is 29.8 Å². The highest BCUT2D eigenvalue weighted by molar-refractivity contribution is 6.00. The van der Waals surface area contributed by atoms with Gasteiger partial charge in [0, 0.05) is 43.7 Å². The summed E-state index contributed by atoms with van der Waals surface area (Å²) < 4.78 is 14.4. The van der Waals surface area contributed by atoms with E-state index in [0.29, 0.717) is 35.9 Å². The largest absolute Gasteiger partial charge is 0.388 e. The maximum absolute atomic E-state index is 13.1. The number of amides is 1. The van der Waals surface area contributed by atoms with E-state index >= 15 is 0 Å². The van der Waals surface area contributed by atoms with Crippen LogP contribution in [-0.2, 0) is 9.47 Å². The van der Waals surface area contributed by atoms with E-state index in [1.54, 1.807) is 31.1 Å². The van der Waals surface area contributed by atoms with Gasteiger partial charge in [0.05, 0.1) is 43.3 Å². The fourth-order valence-electron chi connectivity index (χ4n) is 4.93. The first-order valence-corrected chi connectivity index (χ1v) is 11.7. The van der Waals surface area contributed by atoms with Gasteiger partial charge >= 0.3 is 0 Å². The molecule has 35 heavy (non-hydrogen) atoms. The molecule has 1 amide bonds. The normalized spacial score (nSPS) is 24.1. The minimum Gasteiger partial charge on any atom is -0.388 e. The van der Waals surface area contributed by atoms with E-state index in [9.17, 15) is 9.90 Å². The Morgan fingerprint density at radius 1 is 1.26 bits per heavy atom. The zero-order valence-electron chi connectivity index (χ0n) is 19.5. The molecule has 2 aromatic rings. The van der Waals surface area contributed by atoms with Crippen LogP contribution in [0, 0.1) is 0 Å². The number of aliphatic hydroxyl groups is 1. The Bertz CT molecular complexity index is 1360. The number of carbonyl (C=O) groups is 1. The summed E-state index contributed by atoms with van der Waals surface area (Å²) >= 11 is 0. The lowest BCUT2D eigenvalue weighted by Gasteiger charge is -2.35. The van der Waals surface area contributed by atoms with E-state index in [-0.39, 0.29) is 24.1 Å². The van der Waals surface area contributed by atoms with E-state index in [1.807, 2.05) is 29.0 Å². The van der Waals surface area contributed by atoms with E-state index < -0.39 is 6.10 Å². The Kier molecular flexibility index (Phi) is 5.39. The van der Waals surface area contributed by atoms with E-state index in [2.05, 4.69) is 20.7 Å². The van der Waals surface area contributed by atoms with Crippen LogP contribution in [0.2, 0.25) is 0 Å². The van der Waals surface area contributed by atoms with Crippen molar-refractivity contribution in [2.24, 2.45) is 0 Å². The van der Waals surface area contributed by atoms with Crippen molar-refractivity contribution >= 4 is 17.4 Å². The predicted molar refractivity (Wildman–Crippen MR) is 128 cm³/mol. The summed E-state index contributed by atoms with van der Waals surface area (Å²) in [7, 11) is 3.46. The van der Waals surface area contributed by atoms with Crippen molar-refractivity contribution in [3.05, 3.63) is 42.4 Å². The third-order valence-electron chi connectivity index (χ3n) is 7.06. The van der Waals surface area contributed by atoms with Crippen molar-refractivity contribution in [2.75, 3.05) is 32.7 Å². The van der Waals surface area contributed by atoms with Crippen LogP contribution in [0.5, 0.6) is 0 Å². The quantitative estimate of drug-likeness (QED) is 0.382. The molecule has 0 radical (unpaired) electrons. The summed E-state index contributed by atoms with van der Waals surface area (Å²) in [6.45, 7) is 0.740. The van der Waals surface area contributed by atoms with Crippen molar-refractivity contribution in [3.63, 3.8) is 0 Å². The van der Waals surface area contributed by atoms with Gasteiger partial charge in [0.2, 0.25) is 0 Å². The van der Waals surface area contributed by atoms with Gasteiger partial charge in [0.15, 0.2) is 5.65 Å². The highest BCUT2D eigenvalue weighted by Crippen LogP contribution is 2.36. The Balaban J connectivity index is 1.39. The number of carbonyl (C=O) groups excluding carboxylic acids is 1. The van der Waals surface area contributed by atoms with Crippen LogP contribution in [0.25, 0.3) is 28.3 Å². The summed E-state index contributed by atoms with van der Waals surface area (Å²) in [6.07, 6.45) is 6.49. The molecular formula is C24H27N7O4. The second kappa shape index (κ2) is 8.59. The van der Waals surface area contributed by atoms with Gasteiger partial charge in [-0.25, -0.2) is 9.97 Å². The van der Waals surface area contributed by atoms with Gasteiger partial charge in [-0.1, -0.05) is 0 Å². The molecule has 0 aromatic carbocycles. The molecule has 2 aromatic heterocycles. The van der Waals surface area contributed by atoms with Gasteiger partial charge in [0.1, 0.15) is 23.3 Å². The van der Waals surface area contributed by atoms with E-state index in [1.165, 1.54) is 0 Å². The summed E-state index contributed by atoms with van der Waals surface area (Å²) in [6, 6.07) is 5.58. The second-order valence-electron chi connectivity index (χ2n) is 9.00. The van der Waals surface area contributed by atoms with Crippen molar-refractivity contribution < 1.29 is 19.4 Å². The van der Waals surface area contributed by atoms with Crippen molar-refractivity contribution in [2.45, 2.75) is 37.1 Å². The summed E-state index contributed by atoms with van der Waals surface area (Å²) in [4.78, 5) is 22.6. The smallest absolute Gasteiger partial charge is 0.257 e. The first-order valence-electron chi connectivity index (χ1n) is 11.7. The number of fused-ring (bicyclic) bond motifs is 2. The minimum atomic E-state index is -0.586. The number of hydrogen-bond donors (Lipinski definition) is 3. The Morgan fingerprint density at radius 2 is 2.14 bits per heavy atom. The van der Waals surface area contributed by atoms with Crippen LogP contribution in [0.4, 0.5) is 5.82 Å². The first-order chi connectivity index (χ1) is 17.1. The molecule has 11 heteroatoms. The molecule has 1 aliphatic carbocycles. The summed E-state index contributed by atoms with van der Waals surface area (Å²) in [5.41, 5.74) is 3.24. The molecule has 0 spiro atoms. The molecule has 5 heterocycles. The number of ether oxygens (including phenoxy) is 2. The lowest BCUT2D eigenvalue weighted by atomic mass is 9.89. The van der Waals surface area contributed by atoms with Crippen LogP contribution in [0.1, 0.15) is 29.2 Å². The van der Waals surface area contributed by atoms with E-state index in [0.717, 1.165) is 29.8 Å². The second-order valence-corrected chi connectivity index (χ2v) is 9.00. The number of nitrogens with zero attached hydrogens (tertiary/aromatic N) is 5. The molecule has 0 bridgehead atoms. The molecule has 182 valence electrons. The maximum Gasteiger partial charge on any atom is 0.257 e. The van der Waals surface area contributed by atoms with Gasteiger partial charge in [-0.05, 0) is 25.0 Å². The molecular weight excluding hydrogens is 450 g/mol. The van der Waals surface area contributed by atoms with E-state index in [4.69, 9.17) is 14.5 Å². The number of anilines is 1. The van der Waals surface area contributed by atoms with Crippen LogP contribution in [0.15, 0.2) is 36.8 Å². The van der Waals surface area contributed by atoms with Crippen LogP contribution < -0.4 is 10.6 Å². The average molecular weight is 478 g/mol. The average Bonchev–Trinajstić information content (AvgIpc) is 3.59. The number of hydrogen-bond acceptors (Lipinski definition) is 8. The third kappa shape index (κ3) is 3.54. The molecule has 3 aliphatic heterocycles. The zero-order chi connectivity index (χ0) is 24.1. The fourth-order valence-corrected chi connectivity index (χ4v) is 4.93. The van der Waals surface area contributed by atoms with Crippen molar-refractivity contribution in [1.29, 1.82) is 0 Å². The molecule has 2 fully saturated rings. The third-order valence-corrected chi connectivity index (χ3v) is 7.06. The number of rotatable bonds is 6. The van der Waals surface area contributed by atoms with Gasteiger partial charge in [0.25, 0.3) is 5.91 Å². The number of aliphatic hydroxyl groups excluding tert-OH is 1. The standard InChI is InChI=1S/C24H27N7O4/c1-25-21-8-17(14-9-26-22-13(14)4-3-7-30(22)18-11-35-12-19(18)32)28-23-15(10-27-31(21)23)24(33)29-16-5-6-20(16)34-2/h3-4,7-10,16,18-20,25,32H,5-6,11-12H2,1-2H3,(H,29,33)/t16?,18?,19-,20-/m0/s1. The number of nitrogens with one attached hydrogen (secondary N) is 2. The first kappa shape index (κ1) is 22.0. The molecule has 4 atom stereocenters. The maximum atomic E-state index is 13.1. The van der Waals surface area contributed by atoms with Crippen molar-refractivity contribution in [3.8, 4) is 22.6 Å². The summed E-state index contributed by atoms with van der Waals surface area (Å²) in [5, 5.41) is 20.9. The SMILES string of the molecule is CNc1cc(-c2cnc3n(C4COC[C@@H]4O)cccc2-3)nc2c(C(=O)NC3CC[C@@H]3OC)cnn12. The van der Waals surface area contributed by atoms with Crippen LogP contribution >= 0.6 is 0 Å². The fraction of sp³-hybridized carbons (Fsp3) is 0.417. The number of methoxy groups -OCH3 is 1. The van der Waals surface area contributed by atoms with Gasteiger partial charge in [-0.15, -0.1) is 0 Å². The highest BCUT2D eigenvalue weighted by Gasteiger charge is 2.33. The lowest BCUT2D eigenvalue weighted by Crippen LogP contribution is -2.51.